The third-order valence-electron chi connectivity index (χ3n) is 5.67. The normalized spacial score (nSPS) is 19.5. The van der Waals surface area contributed by atoms with Gasteiger partial charge in [0.2, 0.25) is 5.91 Å². The largest absolute Gasteiger partial charge is 0.326 e. The van der Waals surface area contributed by atoms with Crippen LogP contribution in [0.25, 0.3) is 0 Å². The molecule has 2 heterocycles. The predicted octanol–water partition coefficient (Wildman–Crippen LogP) is 5.66. The summed E-state index contributed by atoms with van der Waals surface area (Å²) >= 11 is 7.46. The number of amides is 2. The summed E-state index contributed by atoms with van der Waals surface area (Å²) in [5.74, 6) is -0.959. The molecule has 6 nitrogen and oxygen atoms in total. The van der Waals surface area contributed by atoms with Crippen molar-refractivity contribution in [2.24, 2.45) is 10.1 Å². The predicted molar refractivity (Wildman–Crippen MR) is 137 cm³/mol. The van der Waals surface area contributed by atoms with Crippen LogP contribution in [0.1, 0.15) is 30.0 Å². The number of thioether (sulfide) groups is 1. The first-order chi connectivity index (χ1) is 17.0. The molecule has 0 bridgehead atoms. The lowest BCUT2D eigenvalue weighted by Gasteiger charge is -2.23. The van der Waals surface area contributed by atoms with Crippen LogP contribution in [0.2, 0.25) is 5.02 Å². The summed E-state index contributed by atoms with van der Waals surface area (Å²) in [6.45, 7) is 0. The molecule has 0 fully saturated rings. The van der Waals surface area contributed by atoms with Crippen molar-refractivity contribution in [3.8, 4) is 0 Å². The quantitative estimate of drug-likeness (QED) is 0.484. The van der Waals surface area contributed by atoms with E-state index >= 15 is 0 Å². The number of nitrogens with one attached hydrogen (secondary N) is 1. The van der Waals surface area contributed by atoms with E-state index in [0.29, 0.717) is 22.3 Å². The molecule has 176 valence electrons. The Labute approximate surface area is 210 Å². The van der Waals surface area contributed by atoms with Gasteiger partial charge in [0, 0.05) is 23.6 Å². The molecule has 2 atom stereocenters. The van der Waals surface area contributed by atoms with Gasteiger partial charge in [0.1, 0.15) is 11.1 Å². The van der Waals surface area contributed by atoms with Gasteiger partial charge in [-0.1, -0.05) is 65.8 Å². The van der Waals surface area contributed by atoms with Crippen LogP contribution in [-0.2, 0) is 9.59 Å². The Morgan fingerprint density at radius 1 is 1.09 bits per heavy atom. The standard InChI is InChI=1S/C26H20ClFN4O2S/c27-18-6-4-5-17(13-18)22-14-21(16-9-11-19(28)12-10-16)31-32(22)26-30-25(34)23(35-26)15-24(33)29-20-7-2-1-3-8-20/h1-13,22-23H,14-15H2,(H,29,33)/t22-,23+/m0/s1. The highest BCUT2D eigenvalue weighted by Gasteiger charge is 2.39. The first kappa shape index (κ1) is 23.3. The number of carbonyl (C=O) groups excluding carboxylic acids is 2. The number of halogens is 2. The van der Waals surface area contributed by atoms with Crippen molar-refractivity contribution in [2.75, 3.05) is 5.32 Å². The maximum absolute atomic E-state index is 13.5. The molecule has 3 aromatic carbocycles. The third-order valence-corrected chi connectivity index (χ3v) is 7.05. The summed E-state index contributed by atoms with van der Waals surface area (Å²) in [5, 5.41) is 9.64. The van der Waals surface area contributed by atoms with E-state index in [1.54, 1.807) is 35.3 Å². The molecule has 0 spiro atoms. The van der Waals surface area contributed by atoms with E-state index in [9.17, 15) is 14.0 Å². The van der Waals surface area contributed by atoms with Crippen molar-refractivity contribution in [3.05, 3.63) is 101 Å². The minimum atomic E-state index is -0.640. The molecule has 35 heavy (non-hydrogen) atoms. The van der Waals surface area contributed by atoms with E-state index in [0.717, 1.165) is 16.8 Å². The van der Waals surface area contributed by atoms with E-state index in [1.807, 2.05) is 36.4 Å². The van der Waals surface area contributed by atoms with Crippen LogP contribution >= 0.6 is 23.4 Å². The number of rotatable bonds is 5. The molecule has 0 unspecified atom stereocenters. The Morgan fingerprint density at radius 2 is 1.86 bits per heavy atom. The molecule has 9 heteroatoms. The van der Waals surface area contributed by atoms with Gasteiger partial charge in [0.25, 0.3) is 5.91 Å². The Kier molecular flexibility index (Phi) is 6.66. The Balaban J connectivity index is 1.37. The number of hydrogen-bond acceptors (Lipinski definition) is 5. The van der Waals surface area contributed by atoms with Crippen molar-refractivity contribution in [1.82, 2.24) is 5.01 Å². The summed E-state index contributed by atoms with van der Waals surface area (Å²) in [5.41, 5.74) is 3.12. The Bertz CT molecular complexity index is 1330. The van der Waals surface area contributed by atoms with Gasteiger partial charge in [-0.3, -0.25) is 9.59 Å². The smallest absolute Gasteiger partial charge is 0.262 e. The minimum Gasteiger partial charge on any atom is -0.326 e. The van der Waals surface area contributed by atoms with Crippen LogP contribution in [-0.4, -0.2) is 33.0 Å². The number of hydrogen-bond donors (Lipinski definition) is 1. The van der Waals surface area contributed by atoms with Crippen molar-refractivity contribution < 1.29 is 14.0 Å². The highest BCUT2D eigenvalue weighted by atomic mass is 35.5. The molecular formula is C26H20ClFN4O2S. The zero-order chi connectivity index (χ0) is 24.4. The van der Waals surface area contributed by atoms with Gasteiger partial charge in [0.15, 0.2) is 5.17 Å². The second-order valence-electron chi connectivity index (χ2n) is 8.13. The number of hydrazone groups is 1. The molecular weight excluding hydrogens is 487 g/mol. The number of nitrogens with zero attached hydrogens (tertiary/aromatic N) is 3. The molecule has 1 N–H and O–H groups in total. The Morgan fingerprint density at radius 3 is 2.60 bits per heavy atom. The van der Waals surface area contributed by atoms with Crippen LogP contribution in [0, 0.1) is 5.82 Å². The highest BCUT2D eigenvalue weighted by Crippen LogP contribution is 2.39. The lowest BCUT2D eigenvalue weighted by atomic mass is 9.98. The molecule has 2 aliphatic heterocycles. The zero-order valence-electron chi connectivity index (χ0n) is 18.4. The van der Waals surface area contributed by atoms with Gasteiger partial charge < -0.3 is 5.32 Å². The van der Waals surface area contributed by atoms with Gasteiger partial charge in [-0.05, 0) is 47.5 Å². The van der Waals surface area contributed by atoms with Crippen molar-refractivity contribution in [2.45, 2.75) is 24.1 Å². The highest BCUT2D eigenvalue weighted by molar-refractivity contribution is 8.15. The van der Waals surface area contributed by atoms with Gasteiger partial charge in [-0.2, -0.15) is 10.1 Å². The van der Waals surface area contributed by atoms with Crippen molar-refractivity contribution in [1.29, 1.82) is 0 Å². The van der Waals surface area contributed by atoms with E-state index in [1.165, 1.54) is 23.9 Å². The van der Waals surface area contributed by atoms with Crippen LogP contribution in [0.5, 0.6) is 0 Å². The second-order valence-corrected chi connectivity index (χ2v) is 9.74. The third kappa shape index (κ3) is 5.28. The monoisotopic (exact) mass is 506 g/mol. The van der Waals surface area contributed by atoms with Gasteiger partial charge in [-0.25, -0.2) is 9.40 Å². The molecule has 5 rings (SSSR count). The maximum Gasteiger partial charge on any atom is 0.262 e. The molecule has 0 saturated heterocycles. The fraction of sp³-hybridized carbons (Fsp3) is 0.154. The van der Waals surface area contributed by atoms with Crippen molar-refractivity contribution in [3.63, 3.8) is 0 Å². The van der Waals surface area contributed by atoms with Gasteiger partial charge >= 0.3 is 0 Å². The first-order valence-corrected chi connectivity index (χ1v) is 12.2. The molecule has 0 aliphatic carbocycles. The number of amidine groups is 1. The molecule has 2 aliphatic rings. The zero-order valence-corrected chi connectivity index (χ0v) is 20.0. The Hall–Kier alpha value is -3.49. The number of para-hydroxylation sites is 1. The van der Waals surface area contributed by atoms with E-state index in [2.05, 4.69) is 10.3 Å². The molecule has 0 radical (unpaired) electrons. The van der Waals surface area contributed by atoms with E-state index in [-0.39, 0.29) is 30.1 Å². The molecule has 2 amide bonds. The first-order valence-electron chi connectivity index (χ1n) is 11.0. The molecule has 3 aromatic rings. The van der Waals surface area contributed by atoms with Crippen LogP contribution in [0.3, 0.4) is 0 Å². The number of carbonyl (C=O) groups is 2. The van der Waals surface area contributed by atoms with E-state index in [4.69, 9.17) is 16.7 Å². The number of benzene rings is 3. The second kappa shape index (κ2) is 10.0. The van der Waals surface area contributed by atoms with E-state index < -0.39 is 5.25 Å². The fourth-order valence-electron chi connectivity index (χ4n) is 3.98. The average Bonchev–Trinajstić information content (AvgIpc) is 3.44. The summed E-state index contributed by atoms with van der Waals surface area (Å²) in [7, 11) is 0. The lowest BCUT2D eigenvalue weighted by Crippen LogP contribution is -2.25. The summed E-state index contributed by atoms with van der Waals surface area (Å²) < 4.78 is 13.5. The molecule has 0 saturated carbocycles. The topological polar surface area (TPSA) is 74.1 Å². The SMILES string of the molecule is O=C(C[C@H]1SC(N2N=C(c3ccc(F)cc3)C[C@H]2c2cccc(Cl)c2)=NC1=O)Nc1ccccc1. The van der Waals surface area contributed by atoms with Crippen LogP contribution in [0.4, 0.5) is 10.1 Å². The summed E-state index contributed by atoms with van der Waals surface area (Å²) in [4.78, 5) is 29.4. The minimum absolute atomic E-state index is 0.00437. The van der Waals surface area contributed by atoms with Crippen LogP contribution in [0.15, 0.2) is 89.0 Å². The van der Waals surface area contributed by atoms with Gasteiger partial charge in [0.05, 0.1) is 11.8 Å². The maximum atomic E-state index is 13.5. The van der Waals surface area contributed by atoms with Crippen LogP contribution < -0.4 is 5.32 Å². The number of aliphatic imine (C=N–C) groups is 1. The summed E-state index contributed by atoms with van der Waals surface area (Å²) in [6, 6.07) is 22.4. The number of anilines is 1. The fourth-order valence-corrected chi connectivity index (χ4v) is 5.24. The molecule has 0 aromatic heterocycles. The van der Waals surface area contributed by atoms with Crippen molar-refractivity contribution >= 4 is 51.7 Å². The lowest BCUT2D eigenvalue weighted by molar-refractivity contribution is -0.121. The van der Waals surface area contributed by atoms with Gasteiger partial charge in [-0.15, -0.1) is 0 Å². The average molecular weight is 507 g/mol. The summed E-state index contributed by atoms with van der Waals surface area (Å²) in [6.07, 6.45) is 0.522.